The van der Waals surface area contributed by atoms with Crippen molar-refractivity contribution < 1.29 is 14.3 Å². The number of benzene rings is 2. The lowest BCUT2D eigenvalue weighted by Crippen LogP contribution is -2.13. The number of carbonyl (C=O) groups excluding carboxylic acids is 2. The van der Waals surface area contributed by atoms with Gasteiger partial charge in [-0.25, -0.2) is 4.79 Å². The van der Waals surface area contributed by atoms with Gasteiger partial charge in [0.2, 0.25) is 0 Å². The fourth-order valence-corrected chi connectivity index (χ4v) is 2.79. The second-order valence-corrected chi connectivity index (χ2v) is 6.56. The molecule has 0 saturated heterocycles. The molecule has 0 bridgehead atoms. The van der Waals surface area contributed by atoms with E-state index in [0.717, 1.165) is 11.3 Å². The van der Waals surface area contributed by atoms with E-state index in [1.54, 1.807) is 43.5 Å². The summed E-state index contributed by atoms with van der Waals surface area (Å²) >= 11 is 0. The van der Waals surface area contributed by atoms with Gasteiger partial charge < -0.3 is 15.4 Å². The lowest BCUT2D eigenvalue weighted by Gasteiger charge is -2.09. The molecule has 6 heteroatoms. The number of amides is 1. The first-order chi connectivity index (χ1) is 14.0. The van der Waals surface area contributed by atoms with Crippen molar-refractivity contribution in [2.75, 3.05) is 17.2 Å². The second kappa shape index (κ2) is 9.50. The van der Waals surface area contributed by atoms with Gasteiger partial charge in [0.1, 0.15) is 0 Å². The normalized spacial score (nSPS) is 10.3. The molecular formula is C23H23N3O3. The average molecular weight is 389 g/mol. The Morgan fingerprint density at radius 1 is 0.966 bits per heavy atom. The van der Waals surface area contributed by atoms with Crippen LogP contribution in [-0.2, 0) is 11.3 Å². The Balaban J connectivity index is 1.62. The Morgan fingerprint density at radius 2 is 1.76 bits per heavy atom. The van der Waals surface area contributed by atoms with Crippen LogP contribution in [0.1, 0.15) is 38.8 Å². The molecule has 0 aliphatic carbocycles. The molecule has 0 fully saturated rings. The molecule has 1 heterocycles. The maximum Gasteiger partial charge on any atom is 0.338 e. The van der Waals surface area contributed by atoms with E-state index in [0.29, 0.717) is 30.0 Å². The zero-order chi connectivity index (χ0) is 20.6. The van der Waals surface area contributed by atoms with Crippen molar-refractivity contribution in [1.29, 1.82) is 0 Å². The molecule has 2 N–H and O–H groups in total. The zero-order valence-electron chi connectivity index (χ0n) is 16.4. The quantitative estimate of drug-likeness (QED) is 0.584. The molecule has 3 rings (SSSR count). The van der Waals surface area contributed by atoms with Gasteiger partial charge in [-0.2, -0.15) is 0 Å². The van der Waals surface area contributed by atoms with Crippen LogP contribution in [0, 0.1) is 6.92 Å². The number of aromatic nitrogens is 1. The summed E-state index contributed by atoms with van der Waals surface area (Å²) in [5.41, 5.74) is 4.58. The lowest BCUT2D eigenvalue weighted by molar-refractivity contribution is 0.0526. The molecule has 0 aliphatic heterocycles. The van der Waals surface area contributed by atoms with Gasteiger partial charge in [0.05, 0.1) is 23.4 Å². The van der Waals surface area contributed by atoms with E-state index in [-0.39, 0.29) is 11.9 Å². The maximum atomic E-state index is 12.5. The van der Waals surface area contributed by atoms with Crippen molar-refractivity contribution in [3.05, 3.63) is 89.2 Å². The SMILES string of the molecule is CCOC(=O)c1ccc(NC(=O)c2cncc(NCc3cccc(C)c3)c2)cc1. The number of esters is 1. The lowest BCUT2D eigenvalue weighted by atomic mass is 10.1. The summed E-state index contributed by atoms with van der Waals surface area (Å²) in [6, 6.07) is 16.5. The fourth-order valence-electron chi connectivity index (χ4n) is 2.79. The highest BCUT2D eigenvalue weighted by Crippen LogP contribution is 2.15. The standard InChI is InChI=1S/C23H23N3O3/c1-3-29-23(28)18-7-9-20(10-8-18)26-22(27)19-12-21(15-24-14-19)25-13-17-6-4-5-16(2)11-17/h4-12,14-15,25H,3,13H2,1-2H3,(H,26,27). The first-order valence-electron chi connectivity index (χ1n) is 9.38. The Kier molecular flexibility index (Phi) is 6.58. The largest absolute Gasteiger partial charge is 0.462 e. The van der Waals surface area contributed by atoms with Crippen LogP contribution in [0.25, 0.3) is 0 Å². The number of rotatable bonds is 7. The van der Waals surface area contributed by atoms with Crippen molar-refractivity contribution in [3.63, 3.8) is 0 Å². The van der Waals surface area contributed by atoms with Gasteiger partial charge >= 0.3 is 5.97 Å². The van der Waals surface area contributed by atoms with Crippen molar-refractivity contribution in [3.8, 4) is 0 Å². The number of pyridine rings is 1. The molecule has 0 aliphatic rings. The molecule has 6 nitrogen and oxygen atoms in total. The van der Waals surface area contributed by atoms with E-state index in [2.05, 4.69) is 34.7 Å². The number of nitrogens with zero attached hydrogens (tertiary/aromatic N) is 1. The average Bonchev–Trinajstić information content (AvgIpc) is 2.73. The van der Waals surface area contributed by atoms with E-state index >= 15 is 0 Å². The van der Waals surface area contributed by atoms with Crippen LogP contribution in [-0.4, -0.2) is 23.5 Å². The molecular weight excluding hydrogens is 366 g/mol. The van der Waals surface area contributed by atoms with E-state index in [1.807, 2.05) is 12.1 Å². The molecule has 29 heavy (non-hydrogen) atoms. The molecule has 1 amide bonds. The van der Waals surface area contributed by atoms with Gasteiger partial charge in [-0.1, -0.05) is 29.8 Å². The highest BCUT2D eigenvalue weighted by molar-refractivity contribution is 6.04. The molecule has 148 valence electrons. The molecule has 3 aromatic rings. The molecule has 0 radical (unpaired) electrons. The Hall–Kier alpha value is -3.67. The summed E-state index contributed by atoms with van der Waals surface area (Å²) in [6.45, 7) is 4.77. The van der Waals surface area contributed by atoms with Crippen molar-refractivity contribution in [1.82, 2.24) is 4.98 Å². The predicted molar refractivity (Wildman–Crippen MR) is 113 cm³/mol. The highest BCUT2D eigenvalue weighted by atomic mass is 16.5. The highest BCUT2D eigenvalue weighted by Gasteiger charge is 2.10. The minimum Gasteiger partial charge on any atom is -0.462 e. The Morgan fingerprint density at radius 3 is 2.48 bits per heavy atom. The summed E-state index contributed by atoms with van der Waals surface area (Å²) in [5, 5.41) is 6.09. The van der Waals surface area contributed by atoms with Crippen LogP contribution in [0.15, 0.2) is 67.0 Å². The van der Waals surface area contributed by atoms with Gasteiger partial charge in [0.25, 0.3) is 5.91 Å². The monoisotopic (exact) mass is 389 g/mol. The maximum absolute atomic E-state index is 12.5. The Labute approximate surface area is 169 Å². The summed E-state index contributed by atoms with van der Waals surface area (Å²) in [4.78, 5) is 28.4. The molecule has 0 saturated carbocycles. The number of aryl methyl sites for hydroxylation is 1. The third-order valence-corrected chi connectivity index (χ3v) is 4.23. The van der Waals surface area contributed by atoms with Gasteiger partial charge in [-0.3, -0.25) is 9.78 Å². The smallest absolute Gasteiger partial charge is 0.338 e. The van der Waals surface area contributed by atoms with Crippen LogP contribution >= 0.6 is 0 Å². The summed E-state index contributed by atoms with van der Waals surface area (Å²) in [6.07, 6.45) is 3.20. The van der Waals surface area contributed by atoms with E-state index < -0.39 is 0 Å². The first-order valence-corrected chi connectivity index (χ1v) is 9.38. The number of hydrogen-bond acceptors (Lipinski definition) is 5. The summed E-state index contributed by atoms with van der Waals surface area (Å²) < 4.78 is 4.95. The van der Waals surface area contributed by atoms with Crippen LogP contribution < -0.4 is 10.6 Å². The van der Waals surface area contributed by atoms with E-state index in [9.17, 15) is 9.59 Å². The number of ether oxygens (including phenoxy) is 1. The fraction of sp³-hybridized carbons (Fsp3) is 0.174. The van der Waals surface area contributed by atoms with Crippen LogP contribution in [0.2, 0.25) is 0 Å². The molecule has 0 atom stereocenters. The minimum atomic E-state index is -0.387. The van der Waals surface area contributed by atoms with E-state index in [4.69, 9.17) is 4.74 Å². The number of nitrogens with one attached hydrogen (secondary N) is 2. The third-order valence-electron chi connectivity index (χ3n) is 4.23. The second-order valence-electron chi connectivity index (χ2n) is 6.56. The van der Waals surface area contributed by atoms with Crippen molar-refractivity contribution in [2.45, 2.75) is 20.4 Å². The van der Waals surface area contributed by atoms with Gasteiger partial charge in [-0.05, 0) is 49.7 Å². The first kappa shape index (κ1) is 20.1. The van der Waals surface area contributed by atoms with Crippen LogP contribution in [0.3, 0.4) is 0 Å². The predicted octanol–water partition coefficient (Wildman–Crippen LogP) is 4.43. The topological polar surface area (TPSA) is 80.3 Å². The summed E-state index contributed by atoms with van der Waals surface area (Å²) in [5.74, 6) is -0.664. The molecule has 0 unspecified atom stereocenters. The minimum absolute atomic E-state index is 0.277. The zero-order valence-corrected chi connectivity index (χ0v) is 16.4. The van der Waals surface area contributed by atoms with Crippen LogP contribution in [0.5, 0.6) is 0 Å². The molecule has 2 aromatic carbocycles. The number of carbonyl (C=O) groups is 2. The van der Waals surface area contributed by atoms with E-state index in [1.165, 1.54) is 11.8 Å². The van der Waals surface area contributed by atoms with Crippen molar-refractivity contribution in [2.24, 2.45) is 0 Å². The third kappa shape index (κ3) is 5.65. The van der Waals surface area contributed by atoms with Gasteiger partial charge in [0, 0.05) is 24.6 Å². The number of anilines is 2. The Bertz CT molecular complexity index is 1000. The van der Waals surface area contributed by atoms with Crippen LogP contribution in [0.4, 0.5) is 11.4 Å². The molecule has 0 spiro atoms. The molecule has 1 aromatic heterocycles. The van der Waals surface area contributed by atoms with Gasteiger partial charge in [-0.15, -0.1) is 0 Å². The summed E-state index contributed by atoms with van der Waals surface area (Å²) in [7, 11) is 0. The van der Waals surface area contributed by atoms with Gasteiger partial charge in [0.15, 0.2) is 0 Å². The van der Waals surface area contributed by atoms with Crippen molar-refractivity contribution >= 4 is 23.3 Å². The number of hydrogen-bond donors (Lipinski definition) is 2.